The Balaban J connectivity index is 2.29. The highest BCUT2D eigenvalue weighted by atomic mass is 35.5. The number of nitrogens with zero attached hydrogens (tertiary/aromatic N) is 1. The monoisotopic (exact) mass is 298 g/mol. The lowest BCUT2D eigenvalue weighted by atomic mass is 10.1. The molecule has 2 nitrogen and oxygen atoms in total. The highest BCUT2D eigenvalue weighted by Gasteiger charge is 2.11. The molecule has 0 aliphatic carbocycles. The third-order valence-corrected chi connectivity index (χ3v) is 4.91. The first-order valence-electron chi connectivity index (χ1n) is 5.69. The lowest BCUT2D eigenvalue weighted by molar-refractivity contribution is 0.729. The van der Waals surface area contributed by atoms with Crippen molar-refractivity contribution in [3.05, 3.63) is 39.9 Å². The molecule has 0 radical (unpaired) electrons. The van der Waals surface area contributed by atoms with Crippen LogP contribution in [0.5, 0.6) is 0 Å². The Hall–Kier alpha value is -0.550. The van der Waals surface area contributed by atoms with Crippen LogP contribution in [-0.4, -0.2) is 11.0 Å². The smallest absolute Gasteiger partial charge is 0.154 e. The number of hydrogen-bond acceptors (Lipinski definition) is 4. The predicted molar refractivity (Wildman–Crippen MR) is 79.8 cm³/mol. The van der Waals surface area contributed by atoms with Crippen molar-refractivity contribution in [3.8, 4) is 0 Å². The number of benzene rings is 1. The summed E-state index contributed by atoms with van der Waals surface area (Å²) in [6, 6.07) is 6.05. The molecule has 0 spiro atoms. The Bertz CT molecular complexity index is 538. The lowest BCUT2D eigenvalue weighted by Crippen LogP contribution is -2.18. The van der Waals surface area contributed by atoms with Crippen LogP contribution in [0, 0.1) is 6.92 Å². The summed E-state index contributed by atoms with van der Waals surface area (Å²) in [4.78, 5) is 5.61. The molecule has 0 aliphatic rings. The number of nitrogens with two attached hydrogens (primary N) is 1. The molecule has 2 aromatic rings. The largest absolute Gasteiger partial charge is 0.328 e. The van der Waals surface area contributed by atoms with E-state index in [4.69, 9.17) is 17.3 Å². The van der Waals surface area contributed by atoms with E-state index >= 15 is 0 Å². The van der Waals surface area contributed by atoms with Gasteiger partial charge in [-0.2, -0.15) is 0 Å². The molecule has 2 N–H and O–H groups in total. The molecule has 0 saturated heterocycles. The van der Waals surface area contributed by atoms with E-state index in [2.05, 4.69) is 16.4 Å². The fourth-order valence-corrected chi connectivity index (χ4v) is 3.90. The first-order chi connectivity index (χ1) is 8.56. The van der Waals surface area contributed by atoms with Crippen LogP contribution in [0.4, 0.5) is 0 Å². The SMILES string of the molecule is Cc1csc(Sc2cccc(Cl)c2CC(C)N)n1. The van der Waals surface area contributed by atoms with E-state index in [0.29, 0.717) is 0 Å². The fourth-order valence-electron chi connectivity index (χ4n) is 1.63. The third-order valence-electron chi connectivity index (χ3n) is 2.40. The van der Waals surface area contributed by atoms with Crippen LogP contribution in [-0.2, 0) is 6.42 Å². The van der Waals surface area contributed by atoms with Crippen LogP contribution in [0.1, 0.15) is 18.2 Å². The summed E-state index contributed by atoms with van der Waals surface area (Å²) < 4.78 is 1.04. The van der Waals surface area contributed by atoms with Gasteiger partial charge in [-0.05, 0) is 38.0 Å². The quantitative estimate of drug-likeness (QED) is 0.922. The molecule has 0 aliphatic heterocycles. The molecule has 2 rings (SSSR count). The van der Waals surface area contributed by atoms with Crippen molar-refractivity contribution in [3.63, 3.8) is 0 Å². The summed E-state index contributed by atoms with van der Waals surface area (Å²) in [6.07, 6.45) is 0.784. The van der Waals surface area contributed by atoms with Gasteiger partial charge in [0.15, 0.2) is 4.34 Å². The second kappa shape index (κ2) is 6.06. The van der Waals surface area contributed by atoms with Gasteiger partial charge in [0.25, 0.3) is 0 Å². The summed E-state index contributed by atoms with van der Waals surface area (Å²) >= 11 is 9.57. The van der Waals surface area contributed by atoms with E-state index in [-0.39, 0.29) is 6.04 Å². The van der Waals surface area contributed by atoms with Gasteiger partial charge in [-0.25, -0.2) is 4.98 Å². The maximum Gasteiger partial charge on any atom is 0.154 e. The highest BCUT2D eigenvalue weighted by molar-refractivity contribution is 8.01. The van der Waals surface area contributed by atoms with E-state index in [1.807, 2.05) is 26.0 Å². The Morgan fingerprint density at radius 3 is 2.89 bits per heavy atom. The summed E-state index contributed by atoms with van der Waals surface area (Å²) in [5, 5.41) is 2.84. The molecule has 0 fully saturated rings. The lowest BCUT2D eigenvalue weighted by Gasteiger charge is -2.12. The van der Waals surface area contributed by atoms with Crippen LogP contribution in [0.15, 0.2) is 32.8 Å². The average Bonchev–Trinajstić information content (AvgIpc) is 2.69. The van der Waals surface area contributed by atoms with Gasteiger partial charge >= 0.3 is 0 Å². The van der Waals surface area contributed by atoms with E-state index in [1.165, 1.54) is 0 Å². The van der Waals surface area contributed by atoms with Crippen molar-refractivity contribution in [1.82, 2.24) is 4.98 Å². The van der Waals surface area contributed by atoms with E-state index in [0.717, 1.165) is 31.9 Å². The highest BCUT2D eigenvalue weighted by Crippen LogP contribution is 2.35. The van der Waals surface area contributed by atoms with Crippen LogP contribution in [0.3, 0.4) is 0 Å². The van der Waals surface area contributed by atoms with Crippen molar-refractivity contribution in [1.29, 1.82) is 0 Å². The van der Waals surface area contributed by atoms with Gasteiger partial charge in [-0.15, -0.1) is 11.3 Å². The summed E-state index contributed by atoms with van der Waals surface area (Å²) in [5.74, 6) is 0. The van der Waals surface area contributed by atoms with Gasteiger partial charge in [0, 0.05) is 27.0 Å². The standard InChI is InChI=1S/C13H15ClN2S2/c1-8(15)6-10-11(14)4-3-5-12(10)18-13-16-9(2)7-17-13/h3-5,7-8H,6,15H2,1-2H3. The van der Waals surface area contributed by atoms with Gasteiger partial charge < -0.3 is 5.73 Å². The molecular formula is C13H15ClN2S2. The fraction of sp³-hybridized carbons (Fsp3) is 0.308. The minimum Gasteiger partial charge on any atom is -0.328 e. The molecule has 5 heteroatoms. The average molecular weight is 299 g/mol. The summed E-state index contributed by atoms with van der Waals surface area (Å²) in [6.45, 7) is 3.99. The number of thiazole rings is 1. The van der Waals surface area contributed by atoms with Gasteiger partial charge in [0.1, 0.15) is 0 Å². The normalized spacial score (nSPS) is 12.7. The molecule has 1 aromatic carbocycles. The minimum absolute atomic E-state index is 0.0993. The van der Waals surface area contributed by atoms with Gasteiger partial charge in [0.05, 0.1) is 0 Å². The van der Waals surface area contributed by atoms with E-state index < -0.39 is 0 Å². The predicted octanol–water partition coefficient (Wildman–Crippen LogP) is 4.15. The molecule has 0 bridgehead atoms. The zero-order valence-corrected chi connectivity index (χ0v) is 12.7. The topological polar surface area (TPSA) is 38.9 Å². The number of halogens is 1. The maximum atomic E-state index is 6.26. The Morgan fingerprint density at radius 2 is 2.28 bits per heavy atom. The number of rotatable bonds is 4. The third kappa shape index (κ3) is 3.48. The summed E-state index contributed by atoms with van der Waals surface area (Å²) in [5.41, 5.74) is 8.05. The van der Waals surface area contributed by atoms with Crippen molar-refractivity contribution >= 4 is 34.7 Å². The van der Waals surface area contributed by atoms with Crippen LogP contribution < -0.4 is 5.73 Å². The summed E-state index contributed by atoms with van der Waals surface area (Å²) in [7, 11) is 0. The van der Waals surface area contributed by atoms with Crippen LogP contribution in [0.2, 0.25) is 5.02 Å². The van der Waals surface area contributed by atoms with Crippen molar-refractivity contribution < 1.29 is 0 Å². The molecule has 1 heterocycles. The second-order valence-electron chi connectivity index (χ2n) is 4.25. The zero-order chi connectivity index (χ0) is 13.1. The molecule has 1 unspecified atom stereocenters. The van der Waals surface area contributed by atoms with E-state index in [9.17, 15) is 0 Å². The first-order valence-corrected chi connectivity index (χ1v) is 7.76. The van der Waals surface area contributed by atoms with Crippen molar-refractivity contribution in [2.24, 2.45) is 5.73 Å². The Morgan fingerprint density at radius 1 is 1.50 bits per heavy atom. The van der Waals surface area contributed by atoms with Crippen LogP contribution in [0.25, 0.3) is 0 Å². The van der Waals surface area contributed by atoms with Gasteiger partial charge in [0.2, 0.25) is 0 Å². The number of hydrogen-bond donors (Lipinski definition) is 1. The molecule has 1 aromatic heterocycles. The molecule has 0 amide bonds. The molecule has 0 saturated carbocycles. The first kappa shape index (κ1) is 13.9. The molecule has 96 valence electrons. The molecule has 18 heavy (non-hydrogen) atoms. The van der Waals surface area contributed by atoms with Gasteiger partial charge in [-0.1, -0.05) is 29.4 Å². The van der Waals surface area contributed by atoms with E-state index in [1.54, 1.807) is 23.1 Å². The van der Waals surface area contributed by atoms with Crippen molar-refractivity contribution in [2.45, 2.75) is 35.5 Å². The minimum atomic E-state index is 0.0993. The maximum absolute atomic E-state index is 6.26. The molecular weight excluding hydrogens is 284 g/mol. The van der Waals surface area contributed by atoms with Crippen molar-refractivity contribution in [2.75, 3.05) is 0 Å². The Kier molecular flexibility index (Phi) is 4.67. The number of aryl methyl sites for hydroxylation is 1. The second-order valence-corrected chi connectivity index (χ2v) is 6.81. The zero-order valence-electron chi connectivity index (χ0n) is 10.3. The van der Waals surface area contributed by atoms with Gasteiger partial charge in [-0.3, -0.25) is 0 Å². The van der Waals surface area contributed by atoms with Crippen LogP contribution >= 0.6 is 34.7 Å². The molecule has 1 atom stereocenters. The number of aromatic nitrogens is 1. The Labute approximate surface area is 121 Å².